The molecule has 1 saturated heterocycles. The van der Waals surface area contributed by atoms with E-state index in [2.05, 4.69) is 55.1 Å². The van der Waals surface area contributed by atoms with Gasteiger partial charge in [0, 0.05) is 32.2 Å². The van der Waals surface area contributed by atoms with E-state index in [9.17, 15) is 4.79 Å². The highest BCUT2D eigenvalue weighted by Crippen LogP contribution is 2.15. The summed E-state index contributed by atoms with van der Waals surface area (Å²) in [5, 5.41) is 0. The Kier molecular flexibility index (Phi) is 5.31. The summed E-state index contributed by atoms with van der Waals surface area (Å²) in [6.45, 7) is 7.89. The minimum absolute atomic E-state index is 0.243. The van der Waals surface area contributed by atoms with Crippen molar-refractivity contribution in [1.82, 2.24) is 9.80 Å². The van der Waals surface area contributed by atoms with Crippen LogP contribution in [0.3, 0.4) is 0 Å². The smallest absolute Gasteiger partial charge is 0.227 e. The lowest BCUT2D eigenvalue weighted by molar-refractivity contribution is -0.135. The topological polar surface area (TPSA) is 23.6 Å². The van der Waals surface area contributed by atoms with Gasteiger partial charge in [-0.15, -0.1) is 0 Å². The van der Waals surface area contributed by atoms with Gasteiger partial charge in [-0.2, -0.15) is 0 Å². The summed E-state index contributed by atoms with van der Waals surface area (Å²) in [6.07, 6.45) is 0.505. The summed E-state index contributed by atoms with van der Waals surface area (Å²) >= 11 is 0. The molecule has 0 aromatic heterocycles. The zero-order valence-electron chi connectivity index (χ0n) is 14.6. The van der Waals surface area contributed by atoms with Gasteiger partial charge in [0.1, 0.15) is 0 Å². The molecule has 3 heteroatoms. The Morgan fingerprint density at radius 3 is 2.50 bits per heavy atom. The summed E-state index contributed by atoms with van der Waals surface area (Å²) in [4.78, 5) is 17.1. The van der Waals surface area contributed by atoms with E-state index in [0.717, 1.165) is 31.7 Å². The molecule has 1 heterocycles. The number of carbonyl (C=O) groups excluding carboxylic acids is 1. The molecule has 126 valence electrons. The molecular formula is C21H26N2O. The molecule has 0 radical (unpaired) electrons. The van der Waals surface area contributed by atoms with Gasteiger partial charge in [0.25, 0.3) is 0 Å². The standard InChI is InChI=1S/C21H26N2O/c1-17-7-6-10-20(13-17)14-21(24)23-12-11-22(15-18(23)2)16-19-8-4-3-5-9-19/h3-10,13,18H,11-12,14-16H2,1-2H3. The van der Waals surface area contributed by atoms with E-state index in [1.807, 2.05) is 23.1 Å². The number of hydrogen-bond donors (Lipinski definition) is 0. The van der Waals surface area contributed by atoms with Crippen LogP contribution in [0.5, 0.6) is 0 Å². The summed E-state index contributed by atoms with van der Waals surface area (Å²) in [7, 11) is 0. The van der Waals surface area contributed by atoms with Crippen molar-refractivity contribution in [3.8, 4) is 0 Å². The third-order valence-electron chi connectivity index (χ3n) is 4.72. The highest BCUT2D eigenvalue weighted by atomic mass is 16.2. The fraction of sp³-hybridized carbons (Fsp3) is 0.381. The molecule has 2 aromatic rings. The second-order valence-electron chi connectivity index (χ2n) is 6.82. The summed E-state index contributed by atoms with van der Waals surface area (Å²) < 4.78 is 0. The van der Waals surface area contributed by atoms with Crippen molar-refractivity contribution in [3.05, 3.63) is 71.3 Å². The largest absolute Gasteiger partial charge is 0.337 e. The maximum atomic E-state index is 12.7. The van der Waals surface area contributed by atoms with E-state index in [4.69, 9.17) is 0 Å². The first-order chi connectivity index (χ1) is 11.6. The van der Waals surface area contributed by atoms with Gasteiger partial charge in [0.15, 0.2) is 0 Å². The number of amides is 1. The van der Waals surface area contributed by atoms with Crippen LogP contribution in [-0.4, -0.2) is 41.4 Å². The van der Waals surface area contributed by atoms with Gasteiger partial charge in [0.05, 0.1) is 6.42 Å². The number of benzene rings is 2. The van der Waals surface area contributed by atoms with Crippen LogP contribution in [0.1, 0.15) is 23.6 Å². The number of rotatable bonds is 4. The van der Waals surface area contributed by atoms with Crippen LogP contribution in [0, 0.1) is 6.92 Å². The number of piperazine rings is 1. The number of hydrogen-bond acceptors (Lipinski definition) is 2. The minimum Gasteiger partial charge on any atom is -0.337 e. The first-order valence-corrected chi connectivity index (χ1v) is 8.73. The molecule has 24 heavy (non-hydrogen) atoms. The molecule has 1 unspecified atom stereocenters. The predicted octanol–water partition coefficient (Wildman–Crippen LogP) is 3.27. The van der Waals surface area contributed by atoms with Gasteiger partial charge in [-0.3, -0.25) is 9.69 Å². The Hall–Kier alpha value is -2.13. The lowest BCUT2D eigenvalue weighted by atomic mass is 10.1. The molecule has 1 aliphatic rings. The van der Waals surface area contributed by atoms with E-state index in [1.54, 1.807) is 0 Å². The molecule has 1 amide bonds. The van der Waals surface area contributed by atoms with Crippen LogP contribution in [0.4, 0.5) is 0 Å². The second-order valence-corrected chi connectivity index (χ2v) is 6.82. The molecule has 0 saturated carbocycles. The van der Waals surface area contributed by atoms with Crippen LogP contribution in [0.2, 0.25) is 0 Å². The molecule has 0 aliphatic carbocycles. The van der Waals surface area contributed by atoms with E-state index in [0.29, 0.717) is 6.42 Å². The van der Waals surface area contributed by atoms with Crippen LogP contribution < -0.4 is 0 Å². The van der Waals surface area contributed by atoms with Crippen molar-refractivity contribution in [2.75, 3.05) is 19.6 Å². The first-order valence-electron chi connectivity index (χ1n) is 8.73. The SMILES string of the molecule is Cc1cccc(CC(=O)N2CCN(Cc3ccccc3)CC2C)c1. The fourth-order valence-corrected chi connectivity index (χ4v) is 3.49. The first kappa shape index (κ1) is 16.7. The zero-order chi connectivity index (χ0) is 16.9. The lowest BCUT2D eigenvalue weighted by Gasteiger charge is -2.40. The molecular weight excluding hydrogens is 296 g/mol. The van der Waals surface area contributed by atoms with Gasteiger partial charge >= 0.3 is 0 Å². The summed E-state index contributed by atoms with van der Waals surface area (Å²) in [5.41, 5.74) is 3.66. The Balaban J connectivity index is 1.56. The van der Waals surface area contributed by atoms with Crippen LogP contribution in [0.25, 0.3) is 0 Å². The molecule has 1 fully saturated rings. The van der Waals surface area contributed by atoms with Crippen molar-refractivity contribution >= 4 is 5.91 Å². The Morgan fingerprint density at radius 1 is 1.04 bits per heavy atom. The van der Waals surface area contributed by atoms with Crippen molar-refractivity contribution in [1.29, 1.82) is 0 Å². The van der Waals surface area contributed by atoms with E-state index in [-0.39, 0.29) is 11.9 Å². The predicted molar refractivity (Wildman–Crippen MR) is 97.8 cm³/mol. The zero-order valence-corrected chi connectivity index (χ0v) is 14.6. The number of aryl methyl sites for hydroxylation is 1. The molecule has 3 nitrogen and oxygen atoms in total. The average molecular weight is 322 g/mol. The summed E-state index contributed by atoms with van der Waals surface area (Å²) in [5.74, 6) is 0.243. The van der Waals surface area contributed by atoms with Gasteiger partial charge in [0.2, 0.25) is 5.91 Å². The molecule has 1 atom stereocenters. The third-order valence-corrected chi connectivity index (χ3v) is 4.72. The number of nitrogens with zero attached hydrogens (tertiary/aromatic N) is 2. The van der Waals surface area contributed by atoms with Gasteiger partial charge in [-0.1, -0.05) is 60.2 Å². The lowest BCUT2D eigenvalue weighted by Crippen LogP contribution is -2.54. The van der Waals surface area contributed by atoms with E-state index in [1.165, 1.54) is 11.1 Å². The Bertz CT molecular complexity index is 683. The maximum Gasteiger partial charge on any atom is 0.227 e. The monoisotopic (exact) mass is 322 g/mol. The summed E-state index contributed by atoms with van der Waals surface area (Å²) in [6, 6.07) is 19.1. The average Bonchev–Trinajstić information content (AvgIpc) is 2.56. The molecule has 2 aromatic carbocycles. The van der Waals surface area contributed by atoms with Crippen molar-refractivity contribution in [2.24, 2.45) is 0 Å². The Labute approximate surface area is 144 Å². The van der Waals surface area contributed by atoms with Gasteiger partial charge < -0.3 is 4.90 Å². The number of carbonyl (C=O) groups is 1. The van der Waals surface area contributed by atoms with Crippen LogP contribution >= 0.6 is 0 Å². The molecule has 0 N–H and O–H groups in total. The molecule has 1 aliphatic heterocycles. The maximum absolute atomic E-state index is 12.7. The quantitative estimate of drug-likeness (QED) is 0.862. The van der Waals surface area contributed by atoms with Crippen molar-refractivity contribution < 1.29 is 4.79 Å². The minimum atomic E-state index is 0.243. The normalized spacial score (nSPS) is 18.6. The molecule has 0 spiro atoms. The highest BCUT2D eigenvalue weighted by molar-refractivity contribution is 5.79. The van der Waals surface area contributed by atoms with E-state index >= 15 is 0 Å². The van der Waals surface area contributed by atoms with Crippen molar-refractivity contribution in [3.63, 3.8) is 0 Å². The molecule has 3 rings (SSSR count). The van der Waals surface area contributed by atoms with Gasteiger partial charge in [-0.25, -0.2) is 0 Å². The van der Waals surface area contributed by atoms with E-state index < -0.39 is 0 Å². The highest BCUT2D eigenvalue weighted by Gasteiger charge is 2.27. The second kappa shape index (κ2) is 7.63. The van der Waals surface area contributed by atoms with Crippen LogP contribution in [-0.2, 0) is 17.8 Å². The molecule has 0 bridgehead atoms. The fourth-order valence-electron chi connectivity index (χ4n) is 3.49. The van der Waals surface area contributed by atoms with Crippen molar-refractivity contribution in [2.45, 2.75) is 32.9 Å². The van der Waals surface area contributed by atoms with Crippen LogP contribution in [0.15, 0.2) is 54.6 Å². The van der Waals surface area contributed by atoms with Gasteiger partial charge in [-0.05, 0) is 25.0 Å². The third kappa shape index (κ3) is 4.24. The Morgan fingerprint density at radius 2 is 1.79 bits per heavy atom.